The second-order valence-corrected chi connectivity index (χ2v) is 7.10. The molecule has 1 aromatic carbocycles. The van der Waals surface area contributed by atoms with E-state index in [4.69, 9.17) is 15.4 Å². The summed E-state index contributed by atoms with van der Waals surface area (Å²) in [6.07, 6.45) is 2.89. The molecule has 0 saturated heterocycles. The van der Waals surface area contributed by atoms with Crippen LogP contribution in [0.25, 0.3) is 0 Å². The molecule has 5 nitrogen and oxygen atoms in total. The van der Waals surface area contributed by atoms with Crippen molar-refractivity contribution in [1.29, 1.82) is 0 Å². The number of benzene rings is 1. The molecule has 0 radical (unpaired) electrons. The second kappa shape index (κ2) is 9.02. The standard InChI is InChI=1S/C14H20ClNO4S/c1-2-3-10-20-11-4-9-16-14(17)12-5-7-13(8-6-12)21(15,18)19/h5-8H,2-4,9-11H2,1H3,(H,16,17). The fourth-order valence-electron chi connectivity index (χ4n) is 1.60. The first-order valence-corrected chi connectivity index (χ1v) is 9.16. The fraction of sp³-hybridized carbons (Fsp3) is 0.500. The predicted molar refractivity (Wildman–Crippen MR) is 82.2 cm³/mol. The van der Waals surface area contributed by atoms with Crippen LogP contribution in [0.1, 0.15) is 36.5 Å². The van der Waals surface area contributed by atoms with Crippen molar-refractivity contribution in [3.05, 3.63) is 29.8 Å². The van der Waals surface area contributed by atoms with E-state index in [0.717, 1.165) is 25.9 Å². The van der Waals surface area contributed by atoms with Crippen molar-refractivity contribution in [2.24, 2.45) is 0 Å². The molecule has 0 spiro atoms. The molecule has 0 unspecified atom stereocenters. The highest BCUT2D eigenvalue weighted by atomic mass is 35.7. The topological polar surface area (TPSA) is 72.5 Å². The Hall–Kier alpha value is -1.11. The molecular weight excluding hydrogens is 314 g/mol. The van der Waals surface area contributed by atoms with Crippen molar-refractivity contribution in [3.8, 4) is 0 Å². The van der Waals surface area contributed by atoms with Crippen LogP contribution in [0.2, 0.25) is 0 Å². The van der Waals surface area contributed by atoms with Gasteiger partial charge < -0.3 is 10.1 Å². The highest BCUT2D eigenvalue weighted by Gasteiger charge is 2.11. The number of rotatable bonds is 9. The minimum absolute atomic E-state index is 0.0231. The molecule has 0 heterocycles. The van der Waals surface area contributed by atoms with E-state index in [-0.39, 0.29) is 10.8 Å². The number of carbonyl (C=O) groups is 1. The quantitative estimate of drug-likeness (QED) is 0.557. The Labute approximate surface area is 130 Å². The number of carbonyl (C=O) groups excluding carboxylic acids is 1. The van der Waals surface area contributed by atoms with Crippen LogP contribution in [-0.2, 0) is 13.8 Å². The summed E-state index contributed by atoms with van der Waals surface area (Å²) in [4.78, 5) is 11.8. The van der Waals surface area contributed by atoms with Crippen molar-refractivity contribution in [1.82, 2.24) is 5.32 Å². The van der Waals surface area contributed by atoms with Crippen molar-refractivity contribution in [2.75, 3.05) is 19.8 Å². The number of halogens is 1. The molecule has 1 amide bonds. The van der Waals surface area contributed by atoms with Gasteiger partial charge in [-0.25, -0.2) is 8.42 Å². The fourth-order valence-corrected chi connectivity index (χ4v) is 2.37. The molecule has 1 rings (SSSR count). The molecule has 21 heavy (non-hydrogen) atoms. The normalized spacial score (nSPS) is 11.3. The Balaban J connectivity index is 2.32. The zero-order valence-electron chi connectivity index (χ0n) is 12.0. The van der Waals surface area contributed by atoms with Gasteiger partial charge in [0.15, 0.2) is 0 Å². The number of hydrogen-bond donors (Lipinski definition) is 1. The van der Waals surface area contributed by atoms with E-state index in [1.807, 2.05) is 0 Å². The molecule has 0 saturated carbocycles. The van der Waals surface area contributed by atoms with E-state index < -0.39 is 9.05 Å². The van der Waals surface area contributed by atoms with Gasteiger partial charge in [0.05, 0.1) is 4.90 Å². The first kappa shape index (κ1) is 17.9. The van der Waals surface area contributed by atoms with Gasteiger partial charge in [-0.2, -0.15) is 0 Å². The monoisotopic (exact) mass is 333 g/mol. The van der Waals surface area contributed by atoms with Gasteiger partial charge in [-0.15, -0.1) is 0 Å². The third kappa shape index (κ3) is 6.93. The van der Waals surface area contributed by atoms with E-state index in [2.05, 4.69) is 12.2 Å². The maximum absolute atomic E-state index is 11.8. The Bertz CT molecular complexity index is 543. The van der Waals surface area contributed by atoms with Crippen molar-refractivity contribution >= 4 is 25.6 Å². The molecule has 7 heteroatoms. The summed E-state index contributed by atoms with van der Waals surface area (Å²) >= 11 is 0. The van der Waals surface area contributed by atoms with E-state index in [1.165, 1.54) is 24.3 Å². The molecule has 0 atom stereocenters. The summed E-state index contributed by atoms with van der Waals surface area (Å²) in [6, 6.07) is 5.49. The van der Waals surface area contributed by atoms with Crippen LogP contribution in [0.3, 0.4) is 0 Å². The second-order valence-electron chi connectivity index (χ2n) is 4.54. The minimum atomic E-state index is -3.75. The first-order valence-electron chi connectivity index (χ1n) is 6.86. The SMILES string of the molecule is CCCCOCCCNC(=O)c1ccc(S(=O)(=O)Cl)cc1. The van der Waals surface area contributed by atoms with Gasteiger partial charge in [-0.05, 0) is 37.1 Å². The zero-order chi connectivity index (χ0) is 15.7. The van der Waals surface area contributed by atoms with Crippen LogP contribution in [-0.4, -0.2) is 34.1 Å². The lowest BCUT2D eigenvalue weighted by Gasteiger charge is -2.06. The smallest absolute Gasteiger partial charge is 0.261 e. The van der Waals surface area contributed by atoms with Gasteiger partial charge in [0, 0.05) is 36.0 Å². The lowest BCUT2D eigenvalue weighted by atomic mass is 10.2. The van der Waals surface area contributed by atoms with Crippen LogP contribution < -0.4 is 5.32 Å². The molecular formula is C14H20ClNO4S. The number of hydrogen-bond acceptors (Lipinski definition) is 4. The van der Waals surface area contributed by atoms with Crippen LogP contribution in [0.5, 0.6) is 0 Å². The average Bonchev–Trinajstić information content (AvgIpc) is 2.45. The summed E-state index contributed by atoms with van der Waals surface area (Å²) in [7, 11) is 1.45. The van der Waals surface area contributed by atoms with E-state index in [1.54, 1.807) is 0 Å². The molecule has 0 aliphatic carbocycles. The zero-order valence-corrected chi connectivity index (χ0v) is 13.5. The van der Waals surface area contributed by atoms with Gasteiger partial charge >= 0.3 is 0 Å². The van der Waals surface area contributed by atoms with Gasteiger partial charge in [-0.1, -0.05) is 13.3 Å². The highest BCUT2D eigenvalue weighted by Crippen LogP contribution is 2.15. The summed E-state index contributed by atoms with van der Waals surface area (Å²) in [5.41, 5.74) is 0.394. The number of nitrogens with one attached hydrogen (secondary N) is 1. The molecule has 1 aromatic rings. The summed E-state index contributed by atoms with van der Waals surface area (Å²) < 4.78 is 27.6. The van der Waals surface area contributed by atoms with Gasteiger partial charge in [0.25, 0.3) is 15.0 Å². The Morgan fingerprint density at radius 3 is 2.38 bits per heavy atom. The van der Waals surface area contributed by atoms with Gasteiger partial charge in [0.1, 0.15) is 0 Å². The summed E-state index contributed by atoms with van der Waals surface area (Å²) in [5.74, 6) is -0.248. The van der Waals surface area contributed by atoms with Crippen LogP contribution in [0.15, 0.2) is 29.2 Å². The third-order valence-corrected chi connectivity index (χ3v) is 4.16. The maximum Gasteiger partial charge on any atom is 0.261 e. The van der Waals surface area contributed by atoms with Crippen LogP contribution in [0.4, 0.5) is 0 Å². The van der Waals surface area contributed by atoms with E-state index >= 15 is 0 Å². The Kier molecular flexibility index (Phi) is 7.71. The molecule has 0 bridgehead atoms. The largest absolute Gasteiger partial charge is 0.381 e. The minimum Gasteiger partial charge on any atom is -0.381 e. The van der Waals surface area contributed by atoms with E-state index in [9.17, 15) is 13.2 Å². The average molecular weight is 334 g/mol. The number of amides is 1. The predicted octanol–water partition coefficient (Wildman–Crippen LogP) is 2.55. The van der Waals surface area contributed by atoms with Crippen LogP contribution in [0, 0.1) is 0 Å². The number of unbranched alkanes of at least 4 members (excludes halogenated alkanes) is 1. The summed E-state index contributed by atoms with van der Waals surface area (Å²) in [5, 5.41) is 2.75. The summed E-state index contributed by atoms with van der Waals surface area (Å²) in [6.45, 7) is 3.98. The Morgan fingerprint density at radius 1 is 1.19 bits per heavy atom. The molecule has 0 fully saturated rings. The Morgan fingerprint density at radius 2 is 1.81 bits per heavy atom. The van der Waals surface area contributed by atoms with Crippen molar-refractivity contribution in [3.63, 3.8) is 0 Å². The maximum atomic E-state index is 11.8. The molecule has 118 valence electrons. The third-order valence-electron chi connectivity index (χ3n) is 2.79. The molecule has 0 aliphatic heterocycles. The van der Waals surface area contributed by atoms with Gasteiger partial charge in [0.2, 0.25) is 0 Å². The van der Waals surface area contributed by atoms with Crippen molar-refractivity contribution in [2.45, 2.75) is 31.1 Å². The van der Waals surface area contributed by atoms with Crippen LogP contribution >= 0.6 is 10.7 Å². The lowest BCUT2D eigenvalue weighted by molar-refractivity contribution is 0.0940. The van der Waals surface area contributed by atoms with Crippen molar-refractivity contribution < 1.29 is 17.9 Å². The molecule has 0 aromatic heterocycles. The van der Waals surface area contributed by atoms with E-state index in [0.29, 0.717) is 18.7 Å². The lowest BCUT2D eigenvalue weighted by Crippen LogP contribution is -2.25. The first-order chi connectivity index (χ1) is 9.95. The molecule has 1 N–H and O–H groups in total. The van der Waals surface area contributed by atoms with Gasteiger partial charge in [-0.3, -0.25) is 4.79 Å². The highest BCUT2D eigenvalue weighted by molar-refractivity contribution is 8.13. The number of ether oxygens (including phenoxy) is 1. The molecule has 0 aliphatic rings.